The molecule has 0 aliphatic rings. The number of rotatable bonds is 3. The van der Waals surface area contributed by atoms with Crippen LogP contribution in [0.2, 0.25) is 0 Å². The third-order valence-electron chi connectivity index (χ3n) is 1.15. The minimum atomic E-state index is -3.31. The second-order valence-electron chi connectivity index (χ2n) is 2.36. The fraction of sp³-hybridized carbons (Fsp3) is 1.00. The van der Waals surface area contributed by atoms with Crippen molar-refractivity contribution >= 4 is 7.60 Å². The Morgan fingerprint density at radius 1 is 1.30 bits per heavy atom. The second-order valence-corrected chi connectivity index (χ2v) is 5.18. The predicted octanol–water partition coefficient (Wildman–Crippen LogP) is 1.20. The molecule has 0 atom stereocenters. The maximum absolute atomic E-state index is 11.3. The summed E-state index contributed by atoms with van der Waals surface area (Å²) in [5.74, 6) is 0. The number of aliphatic hydroxyl groups is 1. The molecule has 0 bridgehead atoms. The minimum Gasteiger partial charge on any atom is -0.378 e. The van der Waals surface area contributed by atoms with Gasteiger partial charge in [-0.25, -0.2) is 0 Å². The monoisotopic (exact) mass is 168 g/mol. The van der Waals surface area contributed by atoms with E-state index in [-0.39, 0.29) is 0 Å². The molecule has 0 aliphatic heterocycles. The third-order valence-corrected chi connectivity index (χ3v) is 3.45. The lowest BCUT2D eigenvalue weighted by atomic mass is 10.5. The quantitative estimate of drug-likeness (QED) is 0.643. The molecular formula is C5H13O4P. The van der Waals surface area contributed by atoms with Crippen molar-refractivity contribution in [3.8, 4) is 0 Å². The van der Waals surface area contributed by atoms with Crippen molar-refractivity contribution < 1.29 is 18.7 Å². The van der Waals surface area contributed by atoms with Crippen LogP contribution in [-0.2, 0) is 13.6 Å². The van der Waals surface area contributed by atoms with E-state index >= 15 is 0 Å². The predicted molar refractivity (Wildman–Crippen MR) is 37.9 cm³/mol. The van der Waals surface area contributed by atoms with Crippen LogP contribution < -0.4 is 0 Å². The Balaban J connectivity index is 4.51. The van der Waals surface area contributed by atoms with Gasteiger partial charge in [0.2, 0.25) is 0 Å². The summed E-state index contributed by atoms with van der Waals surface area (Å²) in [6.45, 7) is 2.75. The van der Waals surface area contributed by atoms with Crippen molar-refractivity contribution in [1.29, 1.82) is 0 Å². The SMILES string of the molecule is COP(=O)(OC)C(C)(C)O. The molecule has 0 fully saturated rings. The van der Waals surface area contributed by atoms with E-state index in [1.807, 2.05) is 0 Å². The van der Waals surface area contributed by atoms with Gasteiger partial charge in [-0.05, 0) is 13.8 Å². The molecule has 0 saturated heterocycles. The first-order valence-electron chi connectivity index (χ1n) is 2.81. The van der Waals surface area contributed by atoms with E-state index in [2.05, 4.69) is 9.05 Å². The molecule has 0 spiro atoms. The van der Waals surface area contributed by atoms with Crippen molar-refractivity contribution in [1.82, 2.24) is 0 Å². The second kappa shape index (κ2) is 3.01. The summed E-state index contributed by atoms with van der Waals surface area (Å²) < 4.78 is 20.3. The Morgan fingerprint density at radius 2 is 1.60 bits per heavy atom. The molecule has 62 valence electrons. The van der Waals surface area contributed by atoms with Gasteiger partial charge in [0.15, 0.2) is 5.34 Å². The van der Waals surface area contributed by atoms with Gasteiger partial charge < -0.3 is 14.2 Å². The van der Waals surface area contributed by atoms with E-state index in [1.165, 1.54) is 28.1 Å². The van der Waals surface area contributed by atoms with Gasteiger partial charge >= 0.3 is 7.60 Å². The standard InChI is InChI=1S/C5H13O4P/c1-5(2,6)10(7,8-3)9-4/h6H,1-4H3. The maximum Gasteiger partial charge on any atom is 0.360 e. The highest BCUT2D eigenvalue weighted by atomic mass is 31.2. The van der Waals surface area contributed by atoms with Crippen LogP contribution in [0.3, 0.4) is 0 Å². The number of hydrogen-bond acceptors (Lipinski definition) is 4. The molecule has 0 unspecified atom stereocenters. The van der Waals surface area contributed by atoms with E-state index < -0.39 is 12.9 Å². The van der Waals surface area contributed by atoms with E-state index in [4.69, 9.17) is 0 Å². The van der Waals surface area contributed by atoms with Gasteiger partial charge in [0.05, 0.1) is 0 Å². The summed E-state index contributed by atoms with van der Waals surface area (Å²) in [7, 11) is -0.833. The molecule has 0 radical (unpaired) electrons. The molecule has 0 aromatic carbocycles. The molecule has 0 rings (SSSR count). The van der Waals surface area contributed by atoms with Crippen molar-refractivity contribution in [2.24, 2.45) is 0 Å². The van der Waals surface area contributed by atoms with E-state index in [0.29, 0.717) is 0 Å². The topological polar surface area (TPSA) is 55.8 Å². The molecule has 5 heteroatoms. The molecule has 0 aromatic rings. The van der Waals surface area contributed by atoms with Crippen LogP contribution in [0, 0.1) is 0 Å². The van der Waals surface area contributed by atoms with Crippen molar-refractivity contribution in [2.45, 2.75) is 19.2 Å². The summed E-state index contributed by atoms with van der Waals surface area (Å²) in [5.41, 5.74) is 0. The Bertz CT molecular complexity index is 140. The maximum atomic E-state index is 11.3. The Hall–Kier alpha value is 0.110. The zero-order chi connectivity index (χ0) is 8.41. The van der Waals surface area contributed by atoms with Gasteiger partial charge in [0.25, 0.3) is 0 Å². The van der Waals surface area contributed by atoms with Gasteiger partial charge in [0, 0.05) is 14.2 Å². The van der Waals surface area contributed by atoms with Gasteiger partial charge in [-0.15, -0.1) is 0 Å². The molecule has 1 N–H and O–H groups in total. The largest absolute Gasteiger partial charge is 0.378 e. The van der Waals surface area contributed by atoms with Crippen LogP contribution in [-0.4, -0.2) is 24.7 Å². The third kappa shape index (κ3) is 1.80. The average molecular weight is 168 g/mol. The molecule has 4 nitrogen and oxygen atoms in total. The molecule has 10 heavy (non-hydrogen) atoms. The van der Waals surface area contributed by atoms with Crippen molar-refractivity contribution in [2.75, 3.05) is 14.2 Å². The minimum absolute atomic E-state index is 1.24. The fourth-order valence-corrected chi connectivity index (χ4v) is 1.56. The Kier molecular flexibility index (Phi) is 3.04. The molecular weight excluding hydrogens is 155 g/mol. The zero-order valence-corrected chi connectivity index (χ0v) is 7.51. The van der Waals surface area contributed by atoms with Crippen molar-refractivity contribution in [3.05, 3.63) is 0 Å². The van der Waals surface area contributed by atoms with Gasteiger partial charge in [0.1, 0.15) is 0 Å². The van der Waals surface area contributed by atoms with Crippen LogP contribution in [0.4, 0.5) is 0 Å². The fourth-order valence-electron chi connectivity index (χ4n) is 0.521. The van der Waals surface area contributed by atoms with E-state index in [1.54, 1.807) is 0 Å². The van der Waals surface area contributed by atoms with Gasteiger partial charge in [-0.3, -0.25) is 4.57 Å². The highest BCUT2D eigenvalue weighted by Gasteiger charge is 2.39. The summed E-state index contributed by atoms with van der Waals surface area (Å²) in [6.07, 6.45) is 0. The molecule has 0 amide bonds. The van der Waals surface area contributed by atoms with Crippen LogP contribution in [0.25, 0.3) is 0 Å². The van der Waals surface area contributed by atoms with Crippen LogP contribution in [0.1, 0.15) is 13.8 Å². The first-order valence-corrected chi connectivity index (χ1v) is 4.35. The highest BCUT2D eigenvalue weighted by Crippen LogP contribution is 2.56. The Morgan fingerprint density at radius 3 is 1.60 bits per heavy atom. The normalized spacial score (nSPS) is 13.7. The van der Waals surface area contributed by atoms with Crippen LogP contribution in [0.15, 0.2) is 0 Å². The summed E-state index contributed by atoms with van der Waals surface area (Å²) in [4.78, 5) is 0. The molecule has 0 aromatic heterocycles. The van der Waals surface area contributed by atoms with Crippen LogP contribution in [0.5, 0.6) is 0 Å². The van der Waals surface area contributed by atoms with Gasteiger partial charge in [-0.2, -0.15) is 0 Å². The first-order chi connectivity index (χ1) is 4.37. The smallest absolute Gasteiger partial charge is 0.360 e. The summed E-state index contributed by atoms with van der Waals surface area (Å²) in [6, 6.07) is 0. The summed E-state index contributed by atoms with van der Waals surface area (Å²) in [5, 5.41) is 7.79. The number of hydrogen-bond donors (Lipinski definition) is 1. The van der Waals surface area contributed by atoms with E-state index in [0.717, 1.165) is 0 Å². The average Bonchev–Trinajstić information content (AvgIpc) is 1.84. The highest BCUT2D eigenvalue weighted by molar-refractivity contribution is 7.55. The Labute approximate surface area is 60.7 Å². The van der Waals surface area contributed by atoms with E-state index in [9.17, 15) is 9.67 Å². The van der Waals surface area contributed by atoms with Crippen LogP contribution >= 0.6 is 7.60 Å². The molecule has 0 saturated carbocycles. The molecule has 0 aliphatic carbocycles. The lowest BCUT2D eigenvalue weighted by Gasteiger charge is -2.25. The lowest BCUT2D eigenvalue weighted by Crippen LogP contribution is -2.20. The lowest BCUT2D eigenvalue weighted by molar-refractivity contribution is 0.110. The first kappa shape index (κ1) is 10.1. The molecule has 0 heterocycles. The van der Waals surface area contributed by atoms with Gasteiger partial charge in [-0.1, -0.05) is 0 Å². The summed E-state index contributed by atoms with van der Waals surface area (Å²) >= 11 is 0. The van der Waals surface area contributed by atoms with Crippen molar-refractivity contribution in [3.63, 3.8) is 0 Å². The zero-order valence-electron chi connectivity index (χ0n) is 6.62.